The Kier molecular flexibility index (Phi) is 4.32. The van der Waals surface area contributed by atoms with Crippen molar-refractivity contribution in [3.8, 4) is 0 Å². The van der Waals surface area contributed by atoms with Crippen molar-refractivity contribution in [2.45, 2.75) is 19.6 Å². The van der Waals surface area contributed by atoms with Gasteiger partial charge in [-0.2, -0.15) is 13.2 Å². The molecule has 0 fully saturated rings. The summed E-state index contributed by atoms with van der Waals surface area (Å²) in [7, 11) is 1.56. The van der Waals surface area contributed by atoms with Crippen molar-refractivity contribution in [1.29, 1.82) is 0 Å². The number of thiazole rings is 1. The molecule has 3 nitrogen and oxygen atoms in total. The molecule has 1 aromatic heterocycles. The molecule has 0 unspecified atom stereocenters. The van der Waals surface area contributed by atoms with Gasteiger partial charge in [-0.1, -0.05) is 30.3 Å². The minimum absolute atomic E-state index is 0.0285. The molecule has 1 amide bonds. The normalized spacial score (nSPS) is 11.5. The third-order valence-electron chi connectivity index (χ3n) is 2.84. The molecule has 1 aromatic carbocycles. The molecular weight excluding hydrogens is 301 g/mol. The Hall–Kier alpha value is -1.89. The summed E-state index contributed by atoms with van der Waals surface area (Å²) in [5.41, 5.74) is 1.02. The van der Waals surface area contributed by atoms with Crippen LogP contribution in [0.1, 0.15) is 25.9 Å². The number of hydrogen-bond acceptors (Lipinski definition) is 3. The second-order valence-corrected chi connectivity index (χ2v) is 5.58. The third kappa shape index (κ3) is 3.60. The van der Waals surface area contributed by atoms with E-state index in [9.17, 15) is 18.0 Å². The Morgan fingerprint density at radius 2 is 1.90 bits per heavy atom. The minimum Gasteiger partial charge on any atom is -0.337 e. The Labute approximate surface area is 124 Å². The quantitative estimate of drug-likeness (QED) is 0.864. The van der Waals surface area contributed by atoms with Gasteiger partial charge in [-0.15, -0.1) is 11.3 Å². The average molecular weight is 314 g/mol. The molecule has 1 heterocycles. The van der Waals surface area contributed by atoms with E-state index in [1.165, 1.54) is 11.8 Å². The van der Waals surface area contributed by atoms with Crippen LogP contribution in [0.15, 0.2) is 30.3 Å². The standard InChI is InChI=1S/C14H13F3N2OS/c1-9-11(21-13(18-9)14(15,16)17)12(20)19(2)8-10-6-4-3-5-7-10/h3-7H,8H2,1-2H3. The van der Waals surface area contributed by atoms with Crippen LogP contribution in [-0.4, -0.2) is 22.8 Å². The van der Waals surface area contributed by atoms with E-state index in [1.807, 2.05) is 30.3 Å². The van der Waals surface area contributed by atoms with E-state index in [1.54, 1.807) is 7.05 Å². The lowest BCUT2D eigenvalue weighted by atomic mass is 10.2. The largest absolute Gasteiger partial charge is 0.443 e. The van der Waals surface area contributed by atoms with Gasteiger partial charge in [-0.3, -0.25) is 4.79 Å². The van der Waals surface area contributed by atoms with Crippen molar-refractivity contribution < 1.29 is 18.0 Å². The number of halogens is 3. The van der Waals surface area contributed by atoms with Crippen LogP contribution in [0.4, 0.5) is 13.2 Å². The zero-order chi connectivity index (χ0) is 15.6. The van der Waals surface area contributed by atoms with Crippen LogP contribution in [0.2, 0.25) is 0 Å². The molecule has 0 N–H and O–H groups in total. The van der Waals surface area contributed by atoms with Crippen molar-refractivity contribution >= 4 is 17.2 Å². The summed E-state index contributed by atoms with van der Waals surface area (Å²) in [6.45, 7) is 1.74. The molecule has 0 spiro atoms. The summed E-state index contributed by atoms with van der Waals surface area (Å²) in [6, 6.07) is 9.24. The highest BCUT2D eigenvalue weighted by atomic mass is 32.1. The Morgan fingerprint density at radius 3 is 2.43 bits per heavy atom. The summed E-state index contributed by atoms with van der Waals surface area (Å²) in [5, 5.41) is -0.989. The first kappa shape index (κ1) is 15.5. The molecule has 2 aromatic rings. The van der Waals surface area contributed by atoms with E-state index in [0.717, 1.165) is 5.56 Å². The van der Waals surface area contributed by atoms with Gasteiger partial charge < -0.3 is 4.90 Å². The van der Waals surface area contributed by atoms with Crippen molar-refractivity contribution in [2.24, 2.45) is 0 Å². The monoisotopic (exact) mass is 314 g/mol. The maximum Gasteiger partial charge on any atom is 0.443 e. The average Bonchev–Trinajstić information content (AvgIpc) is 2.81. The highest BCUT2D eigenvalue weighted by molar-refractivity contribution is 7.13. The van der Waals surface area contributed by atoms with E-state index in [4.69, 9.17) is 0 Å². The Morgan fingerprint density at radius 1 is 1.29 bits per heavy atom. The summed E-state index contributed by atoms with van der Waals surface area (Å²) in [6.07, 6.45) is -4.52. The number of alkyl halides is 3. The zero-order valence-corrected chi connectivity index (χ0v) is 12.3. The number of rotatable bonds is 3. The number of nitrogens with zero attached hydrogens (tertiary/aromatic N) is 2. The Balaban J connectivity index is 2.18. The van der Waals surface area contributed by atoms with Crippen molar-refractivity contribution in [1.82, 2.24) is 9.88 Å². The maximum absolute atomic E-state index is 12.6. The summed E-state index contributed by atoms with van der Waals surface area (Å²) < 4.78 is 37.8. The molecule has 0 radical (unpaired) electrons. The molecular formula is C14H13F3N2OS. The number of carbonyl (C=O) groups excluding carboxylic acids is 1. The van der Waals surface area contributed by atoms with E-state index < -0.39 is 17.1 Å². The number of amides is 1. The van der Waals surface area contributed by atoms with Gasteiger partial charge in [0.15, 0.2) is 5.01 Å². The zero-order valence-electron chi connectivity index (χ0n) is 11.4. The van der Waals surface area contributed by atoms with E-state index in [2.05, 4.69) is 4.98 Å². The molecule has 0 saturated heterocycles. The van der Waals surface area contributed by atoms with Crippen molar-refractivity contribution in [3.05, 3.63) is 51.5 Å². The summed E-state index contributed by atoms with van der Waals surface area (Å²) in [4.78, 5) is 17.1. The SMILES string of the molecule is Cc1nc(C(F)(F)F)sc1C(=O)N(C)Cc1ccccc1. The van der Waals surface area contributed by atoms with Gasteiger partial charge in [0.1, 0.15) is 4.88 Å². The van der Waals surface area contributed by atoms with Gasteiger partial charge in [0.05, 0.1) is 5.69 Å². The molecule has 2 rings (SSSR count). The molecule has 21 heavy (non-hydrogen) atoms. The number of carbonyl (C=O) groups is 1. The fourth-order valence-corrected chi connectivity index (χ4v) is 2.75. The van der Waals surface area contributed by atoms with Gasteiger partial charge in [0.25, 0.3) is 5.91 Å². The van der Waals surface area contributed by atoms with E-state index >= 15 is 0 Å². The predicted octanol–water partition coefficient (Wildman–Crippen LogP) is 3.74. The molecule has 0 aliphatic heterocycles. The highest BCUT2D eigenvalue weighted by Crippen LogP contribution is 2.34. The number of aryl methyl sites for hydroxylation is 1. The first-order chi connectivity index (χ1) is 9.79. The molecule has 0 saturated carbocycles. The van der Waals surface area contributed by atoms with Crippen LogP contribution < -0.4 is 0 Å². The molecule has 0 aliphatic carbocycles. The van der Waals surface area contributed by atoms with Gasteiger partial charge in [0, 0.05) is 13.6 Å². The van der Waals surface area contributed by atoms with Gasteiger partial charge in [-0.05, 0) is 12.5 Å². The lowest BCUT2D eigenvalue weighted by Gasteiger charge is -2.16. The maximum atomic E-state index is 12.6. The topological polar surface area (TPSA) is 33.2 Å². The van der Waals surface area contributed by atoms with Crippen LogP contribution in [-0.2, 0) is 12.7 Å². The molecule has 0 bridgehead atoms. The fourth-order valence-electron chi connectivity index (χ4n) is 1.82. The molecule has 112 valence electrons. The van der Waals surface area contributed by atoms with Gasteiger partial charge in [-0.25, -0.2) is 4.98 Å². The van der Waals surface area contributed by atoms with E-state index in [-0.39, 0.29) is 10.6 Å². The van der Waals surface area contributed by atoms with Crippen LogP contribution >= 0.6 is 11.3 Å². The Bertz CT molecular complexity index is 637. The number of benzene rings is 1. The van der Waals surface area contributed by atoms with Gasteiger partial charge in [0.2, 0.25) is 0 Å². The lowest BCUT2D eigenvalue weighted by Crippen LogP contribution is -2.26. The second-order valence-electron chi connectivity index (χ2n) is 4.58. The summed E-state index contributed by atoms with van der Waals surface area (Å²) in [5.74, 6) is -0.454. The molecule has 0 aliphatic rings. The lowest BCUT2D eigenvalue weighted by molar-refractivity contribution is -0.137. The van der Waals surface area contributed by atoms with Crippen LogP contribution in [0.5, 0.6) is 0 Å². The first-order valence-electron chi connectivity index (χ1n) is 6.13. The van der Waals surface area contributed by atoms with E-state index in [0.29, 0.717) is 17.9 Å². The van der Waals surface area contributed by atoms with Crippen molar-refractivity contribution in [2.75, 3.05) is 7.05 Å². The number of hydrogen-bond donors (Lipinski definition) is 0. The van der Waals surface area contributed by atoms with Crippen molar-refractivity contribution in [3.63, 3.8) is 0 Å². The minimum atomic E-state index is -4.52. The van der Waals surface area contributed by atoms with Crippen LogP contribution in [0, 0.1) is 6.92 Å². The first-order valence-corrected chi connectivity index (χ1v) is 6.94. The fraction of sp³-hybridized carbons (Fsp3) is 0.286. The van der Waals surface area contributed by atoms with Crippen LogP contribution in [0.25, 0.3) is 0 Å². The number of aromatic nitrogens is 1. The van der Waals surface area contributed by atoms with Gasteiger partial charge >= 0.3 is 6.18 Å². The second kappa shape index (κ2) is 5.85. The molecule has 7 heteroatoms. The third-order valence-corrected chi connectivity index (χ3v) is 4.03. The highest BCUT2D eigenvalue weighted by Gasteiger charge is 2.36. The van der Waals surface area contributed by atoms with Crippen LogP contribution in [0.3, 0.4) is 0 Å². The smallest absolute Gasteiger partial charge is 0.337 e. The summed E-state index contributed by atoms with van der Waals surface area (Å²) >= 11 is 0.386. The molecule has 0 atom stereocenters. The predicted molar refractivity (Wildman–Crippen MR) is 74.1 cm³/mol.